The van der Waals surface area contributed by atoms with E-state index in [0.29, 0.717) is 12.2 Å². The number of hydrogen-bond donors (Lipinski definition) is 3. The van der Waals surface area contributed by atoms with Crippen molar-refractivity contribution in [3.8, 4) is 0 Å². The number of rotatable bonds is 7. The molecule has 130 valence electrons. The van der Waals surface area contributed by atoms with Crippen molar-refractivity contribution >= 4 is 17.6 Å². The Bertz CT molecular complexity index is 755. The van der Waals surface area contributed by atoms with Gasteiger partial charge in [-0.05, 0) is 43.0 Å². The molecule has 0 saturated carbocycles. The molecule has 0 fully saturated rings. The molecule has 5 nitrogen and oxygen atoms in total. The van der Waals surface area contributed by atoms with Gasteiger partial charge in [-0.1, -0.05) is 48.0 Å². The van der Waals surface area contributed by atoms with Crippen LogP contribution in [-0.2, 0) is 17.8 Å². The molecule has 0 radical (unpaired) electrons. The maximum Gasteiger partial charge on any atom is 0.316 e. The Hall–Kier alpha value is -3.08. The fourth-order valence-electron chi connectivity index (χ4n) is 2.42. The highest BCUT2D eigenvalue weighted by Gasteiger charge is 2.02. The van der Waals surface area contributed by atoms with E-state index >= 15 is 0 Å². The molecule has 2 aromatic carbocycles. The minimum Gasteiger partial charge on any atom is -0.351 e. The van der Waals surface area contributed by atoms with Crippen LogP contribution in [0.3, 0.4) is 0 Å². The summed E-state index contributed by atoms with van der Waals surface area (Å²) in [4.78, 5) is 22.9. The Morgan fingerprint density at radius 1 is 1.04 bits per heavy atom. The van der Waals surface area contributed by atoms with E-state index in [-0.39, 0.29) is 5.91 Å². The standard InChI is InChI=1S/C20H23N3O2/c1-15(10-11-16-6-3-2-4-7-16)12-19(24)22-14-17-8-5-9-18(13-17)23-20(21)25/h2-9,12-13H,10-11,14H2,1H3,(H,22,24)(H3,21,23,25). The number of carbonyl (C=O) groups is 2. The Morgan fingerprint density at radius 3 is 2.48 bits per heavy atom. The average molecular weight is 337 g/mol. The fourth-order valence-corrected chi connectivity index (χ4v) is 2.42. The molecule has 0 atom stereocenters. The third-order valence-electron chi connectivity index (χ3n) is 3.69. The molecule has 25 heavy (non-hydrogen) atoms. The number of benzene rings is 2. The van der Waals surface area contributed by atoms with Gasteiger partial charge < -0.3 is 16.4 Å². The molecule has 0 aliphatic heterocycles. The van der Waals surface area contributed by atoms with Gasteiger partial charge in [-0.3, -0.25) is 4.79 Å². The minimum atomic E-state index is -0.613. The first-order valence-corrected chi connectivity index (χ1v) is 8.17. The van der Waals surface area contributed by atoms with Gasteiger partial charge in [0.1, 0.15) is 0 Å². The molecule has 0 heterocycles. The van der Waals surface area contributed by atoms with E-state index in [4.69, 9.17) is 5.73 Å². The van der Waals surface area contributed by atoms with Crippen LogP contribution in [0.4, 0.5) is 10.5 Å². The lowest BCUT2D eigenvalue weighted by Gasteiger charge is -2.07. The number of carbonyl (C=O) groups excluding carboxylic acids is 2. The number of hydrogen-bond acceptors (Lipinski definition) is 2. The van der Waals surface area contributed by atoms with Gasteiger partial charge in [-0.15, -0.1) is 0 Å². The summed E-state index contributed by atoms with van der Waals surface area (Å²) < 4.78 is 0. The van der Waals surface area contributed by atoms with E-state index in [1.54, 1.807) is 24.3 Å². The average Bonchev–Trinajstić information content (AvgIpc) is 2.59. The highest BCUT2D eigenvalue weighted by molar-refractivity contribution is 5.88. The number of aryl methyl sites for hydroxylation is 1. The highest BCUT2D eigenvalue weighted by Crippen LogP contribution is 2.11. The van der Waals surface area contributed by atoms with Crippen molar-refractivity contribution in [3.05, 3.63) is 77.4 Å². The Labute approximate surface area is 147 Å². The summed E-state index contributed by atoms with van der Waals surface area (Å²) in [6.07, 6.45) is 3.39. The normalized spacial score (nSPS) is 11.0. The van der Waals surface area contributed by atoms with Crippen LogP contribution in [0.2, 0.25) is 0 Å². The largest absolute Gasteiger partial charge is 0.351 e. The zero-order valence-electron chi connectivity index (χ0n) is 14.3. The van der Waals surface area contributed by atoms with Crippen molar-refractivity contribution < 1.29 is 9.59 Å². The number of anilines is 1. The third kappa shape index (κ3) is 6.91. The Morgan fingerprint density at radius 2 is 1.76 bits per heavy atom. The molecule has 2 rings (SSSR count). The first-order chi connectivity index (χ1) is 12.0. The van der Waals surface area contributed by atoms with Crippen LogP contribution >= 0.6 is 0 Å². The van der Waals surface area contributed by atoms with Crippen molar-refractivity contribution in [3.63, 3.8) is 0 Å². The zero-order chi connectivity index (χ0) is 18.1. The van der Waals surface area contributed by atoms with Crippen LogP contribution in [0.15, 0.2) is 66.2 Å². The first-order valence-electron chi connectivity index (χ1n) is 8.17. The summed E-state index contributed by atoms with van der Waals surface area (Å²) in [7, 11) is 0. The van der Waals surface area contributed by atoms with Crippen LogP contribution in [0.5, 0.6) is 0 Å². The van der Waals surface area contributed by atoms with Crippen molar-refractivity contribution in [2.24, 2.45) is 5.73 Å². The van der Waals surface area contributed by atoms with E-state index in [0.717, 1.165) is 24.0 Å². The zero-order valence-corrected chi connectivity index (χ0v) is 14.3. The van der Waals surface area contributed by atoms with E-state index < -0.39 is 6.03 Å². The second-order valence-corrected chi connectivity index (χ2v) is 5.88. The van der Waals surface area contributed by atoms with E-state index in [1.165, 1.54) is 5.56 Å². The molecular weight excluding hydrogens is 314 g/mol. The monoisotopic (exact) mass is 337 g/mol. The van der Waals surface area contributed by atoms with E-state index in [2.05, 4.69) is 22.8 Å². The molecule has 3 amide bonds. The summed E-state index contributed by atoms with van der Waals surface area (Å²) in [5.41, 5.74) is 8.88. The molecule has 0 aromatic heterocycles. The van der Waals surface area contributed by atoms with Gasteiger partial charge in [0.05, 0.1) is 0 Å². The number of primary amides is 1. The van der Waals surface area contributed by atoms with Crippen molar-refractivity contribution in [2.45, 2.75) is 26.3 Å². The number of allylic oxidation sites excluding steroid dienone is 1. The van der Waals surface area contributed by atoms with E-state index in [1.807, 2.05) is 31.2 Å². The predicted molar refractivity (Wildman–Crippen MR) is 100 cm³/mol. The molecule has 5 heteroatoms. The van der Waals surface area contributed by atoms with Gasteiger partial charge in [0.15, 0.2) is 0 Å². The number of nitrogens with two attached hydrogens (primary N) is 1. The maximum atomic E-state index is 12.0. The molecule has 0 bridgehead atoms. The van der Waals surface area contributed by atoms with Gasteiger partial charge in [-0.2, -0.15) is 0 Å². The van der Waals surface area contributed by atoms with Crippen molar-refractivity contribution in [1.29, 1.82) is 0 Å². The van der Waals surface area contributed by atoms with Crippen LogP contribution < -0.4 is 16.4 Å². The fraction of sp³-hybridized carbons (Fsp3) is 0.200. The summed E-state index contributed by atoms with van der Waals surface area (Å²) >= 11 is 0. The minimum absolute atomic E-state index is 0.126. The van der Waals surface area contributed by atoms with Gasteiger partial charge in [0.25, 0.3) is 0 Å². The quantitative estimate of drug-likeness (QED) is 0.677. The SMILES string of the molecule is CC(=CC(=O)NCc1cccc(NC(N)=O)c1)CCc1ccccc1. The van der Waals surface area contributed by atoms with Gasteiger partial charge in [0.2, 0.25) is 5.91 Å². The Balaban J connectivity index is 1.82. The molecule has 0 aliphatic carbocycles. The highest BCUT2D eigenvalue weighted by atomic mass is 16.2. The van der Waals surface area contributed by atoms with Gasteiger partial charge in [0, 0.05) is 18.3 Å². The molecule has 0 aliphatic rings. The molecule has 4 N–H and O–H groups in total. The van der Waals surface area contributed by atoms with E-state index in [9.17, 15) is 9.59 Å². The molecule has 0 spiro atoms. The lowest BCUT2D eigenvalue weighted by Crippen LogP contribution is -2.21. The van der Waals surface area contributed by atoms with Gasteiger partial charge in [-0.25, -0.2) is 4.79 Å². The second-order valence-electron chi connectivity index (χ2n) is 5.88. The smallest absolute Gasteiger partial charge is 0.316 e. The number of urea groups is 1. The summed E-state index contributed by atoms with van der Waals surface area (Å²) in [5.74, 6) is -0.126. The van der Waals surface area contributed by atoms with Crippen LogP contribution in [0.1, 0.15) is 24.5 Å². The summed E-state index contributed by atoms with van der Waals surface area (Å²) in [5, 5.41) is 5.36. The second kappa shape index (κ2) is 9.27. The van der Waals surface area contributed by atoms with Crippen LogP contribution in [0.25, 0.3) is 0 Å². The third-order valence-corrected chi connectivity index (χ3v) is 3.69. The summed E-state index contributed by atoms with van der Waals surface area (Å²) in [6, 6.07) is 16.8. The summed E-state index contributed by atoms with van der Waals surface area (Å²) in [6.45, 7) is 2.34. The lowest BCUT2D eigenvalue weighted by molar-refractivity contribution is -0.116. The topological polar surface area (TPSA) is 84.2 Å². The molecule has 2 aromatic rings. The molecule has 0 unspecified atom stereocenters. The van der Waals surface area contributed by atoms with Gasteiger partial charge >= 0.3 is 6.03 Å². The number of amides is 3. The van der Waals surface area contributed by atoms with Crippen LogP contribution in [-0.4, -0.2) is 11.9 Å². The van der Waals surface area contributed by atoms with Crippen molar-refractivity contribution in [1.82, 2.24) is 5.32 Å². The number of nitrogens with one attached hydrogen (secondary N) is 2. The molecule has 0 saturated heterocycles. The van der Waals surface area contributed by atoms with Crippen LogP contribution in [0, 0.1) is 0 Å². The Kier molecular flexibility index (Phi) is 6.77. The lowest BCUT2D eigenvalue weighted by atomic mass is 10.1. The molecular formula is C20H23N3O2. The predicted octanol–water partition coefficient (Wildman–Crippen LogP) is 3.37. The maximum absolute atomic E-state index is 12.0. The van der Waals surface area contributed by atoms with Crippen molar-refractivity contribution in [2.75, 3.05) is 5.32 Å². The first kappa shape index (κ1) is 18.3.